The maximum atomic E-state index is 9.44. The molecule has 1 rings (SSSR count). The summed E-state index contributed by atoms with van der Waals surface area (Å²) in [5.74, 6) is 0.783. The first-order valence-corrected chi connectivity index (χ1v) is 6.38. The van der Waals surface area contributed by atoms with Crippen LogP contribution in [-0.4, -0.2) is 18.0 Å². The van der Waals surface area contributed by atoms with E-state index in [1.165, 1.54) is 0 Å². The highest BCUT2D eigenvalue weighted by Crippen LogP contribution is 2.25. The Kier molecular flexibility index (Phi) is 5.51. The summed E-state index contributed by atoms with van der Waals surface area (Å²) in [6.45, 7) is 6.17. The predicted molar refractivity (Wildman–Crippen MR) is 71.5 cm³/mol. The summed E-state index contributed by atoms with van der Waals surface area (Å²) in [5.41, 5.74) is 0.890. The van der Waals surface area contributed by atoms with E-state index in [2.05, 4.69) is 22.6 Å². The third-order valence-electron chi connectivity index (χ3n) is 2.13. The fraction of sp³-hybridized carbons (Fsp3) is 0.500. The first-order chi connectivity index (χ1) is 7.54. The Hall–Kier alpha value is -0.330. The molecule has 2 atom stereocenters. The van der Waals surface area contributed by atoms with Gasteiger partial charge in [-0.05, 0) is 61.1 Å². The largest absolute Gasteiger partial charge is 0.464 e. The van der Waals surface area contributed by atoms with E-state index in [-0.39, 0.29) is 6.29 Å². The molecule has 0 aromatic heterocycles. The standard InChI is InChI=1S/C12H17IO3/c1-4-15-9(3)16-12-6-5-10(8(2)14)7-11(12)13/h5-9,14H,4H2,1-3H3. The molecule has 0 aliphatic heterocycles. The number of hydrogen-bond acceptors (Lipinski definition) is 3. The number of aliphatic hydroxyl groups is 1. The van der Waals surface area contributed by atoms with E-state index in [1.54, 1.807) is 6.92 Å². The fourth-order valence-corrected chi connectivity index (χ4v) is 1.99. The van der Waals surface area contributed by atoms with Gasteiger partial charge >= 0.3 is 0 Å². The maximum absolute atomic E-state index is 9.44. The monoisotopic (exact) mass is 336 g/mol. The Balaban J connectivity index is 2.75. The number of rotatable bonds is 5. The second-order valence-corrected chi connectivity index (χ2v) is 4.67. The molecule has 3 nitrogen and oxygen atoms in total. The van der Waals surface area contributed by atoms with Crippen LogP contribution in [0.1, 0.15) is 32.4 Å². The molecule has 0 radical (unpaired) electrons. The van der Waals surface area contributed by atoms with Crippen molar-refractivity contribution in [2.24, 2.45) is 0 Å². The van der Waals surface area contributed by atoms with Gasteiger partial charge in [0.15, 0.2) is 6.29 Å². The van der Waals surface area contributed by atoms with E-state index in [4.69, 9.17) is 9.47 Å². The molecule has 1 aromatic rings. The third-order valence-corrected chi connectivity index (χ3v) is 2.98. The normalized spacial score (nSPS) is 14.6. The molecule has 16 heavy (non-hydrogen) atoms. The Labute approximate surface area is 110 Å². The lowest BCUT2D eigenvalue weighted by atomic mass is 10.1. The van der Waals surface area contributed by atoms with Gasteiger partial charge in [-0.15, -0.1) is 0 Å². The molecule has 0 fully saturated rings. The van der Waals surface area contributed by atoms with E-state index >= 15 is 0 Å². The zero-order chi connectivity index (χ0) is 12.1. The molecule has 4 heteroatoms. The van der Waals surface area contributed by atoms with Crippen LogP contribution in [0, 0.1) is 3.57 Å². The van der Waals surface area contributed by atoms with Crippen LogP contribution in [0.15, 0.2) is 18.2 Å². The second kappa shape index (κ2) is 6.42. The molecule has 0 saturated heterocycles. The number of benzene rings is 1. The van der Waals surface area contributed by atoms with Crippen molar-refractivity contribution < 1.29 is 14.6 Å². The van der Waals surface area contributed by atoms with Gasteiger partial charge in [-0.1, -0.05) is 6.07 Å². The summed E-state index contributed by atoms with van der Waals surface area (Å²) >= 11 is 2.19. The number of aliphatic hydroxyl groups excluding tert-OH is 1. The van der Waals surface area contributed by atoms with Gasteiger partial charge in [0.2, 0.25) is 0 Å². The van der Waals surface area contributed by atoms with Crippen molar-refractivity contribution in [1.82, 2.24) is 0 Å². The van der Waals surface area contributed by atoms with Crippen molar-refractivity contribution >= 4 is 22.6 Å². The molecule has 0 saturated carbocycles. The van der Waals surface area contributed by atoms with E-state index in [1.807, 2.05) is 32.0 Å². The molecule has 0 spiro atoms. The van der Waals surface area contributed by atoms with E-state index in [9.17, 15) is 5.11 Å². The SMILES string of the molecule is CCOC(C)Oc1ccc(C(C)O)cc1I. The molecule has 0 aliphatic rings. The number of halogens is 1. The van der Waals surface area contributed by atoms with Gasteiger partial charge in [0.1, 0.15) is 5.75 Å². The minimum atomic E-state index is -0.452. The van der Waals surface area contributed by atoms with Gasteiger partial charge in [-0.3, -0.25) is 0 Å². The highest BCUT2D eigenvalue weighted by Gasteiger charge is 2.09. The van der Waals surface area contributed by atoms with Crippen LogP contribution >= 0.6 is 22.6 Å². The summed E-state index contributed by atoms with van der Waals surface area (Å²) in [7, 11) is 0. The van der Waals surface area contributed by atoms with Gasteiger partial charge in [-0.2, -0.15) is 0 Å². The maximum Gasteiger partial charge on any atom is 0.197 e. The smallest absolute Gasteiger partial charge is 0.197 e. The summed E-state index contributed by atoms with van der Waals surface area (Å²) in [6.07, 6.45) is -0.706. The quantitative estimate of drug-likeness (QED) is 0.663. The lowest BCUT2D eigenvalue weighted by Crippen LogP contribution is -2.16. The van der Waals surface area contributed by atoms with E-state index in [0.29, 0.717) is 6.61 Å². The van der Waals surface area contributed by atoms with Crippen LogP contribution in [0.3, 0.4) is 0 Å². The van der Waals surface area contributed by atoms with Crippen molar-refractivity contribution in [3.8, 4) is 5.75 Å². The van der Waals surface area contributed by atoms with Crippen LogP contribution in [0.5, 0.6) is 5.75 Å². The van der Waals surface area contributed by atoms with Gasteiger partial charge in [0, 0.05) is 6.61 Å². The van der Waals surface area contributed by atoms with Crippen LogP contribution in [0.4, 0.5) is 0 Å². The molecular weight excluding hydrogens is 319 g/mol. The highest BCUT2D eigenvalue weighted by molar-refractivity contribution is 14.1. The highest BCUT2D eigenvalue weighted by atomic mass is 127. The predicted octanol–water partition coefficient (Wildman–Crippen LogP) is 3.11. The number of hydrogen-bond donors (Lipinski definition) is 1. The van der Waals surface area contributed by atoms with E-state index < -0.39 is 6.10 Å². The van der Waals surface area contributed by atoms with Crippen molar-refractivity contribution in [3.05, 3.63) is 27.3 Å². The molecule has 2 unspecified atom stereocenters. The Bertz CT molecular complexity index is 339. The van der Waals surface area contributed by atoms with E-state index in [0.717, 1.165) is 14.9 Å². The van der Waals surface area contributed by atoms with Gasteiger partial charge < -0.3 is 14.6 Å². The van der Waals surface area contributed by atoms with Crippen molar-refractivity contribution in [1.29, 1.82) is 0 Å². The Morgan fingerprint density at radius 2 is 2.06 bits per heavy atom. The lowest BCUT2D eigenvalue weighted by molar-refractivity contribution is -0.0617. The van der Waals surface area contributed by atoms with Gasteiger partial charge in [0.25, 0.3) is 0 Å². The van der Waals surface area contributed by atoms with Gasteiger partial charge in [0.05, 0.1) is 9.67 Å². The first-order valence-electron chi connectivity index (χ1n) is 5.30. The van der Waals surface area contributed by atoms with Crippen LogP contribution in [0.2, 0.25) is 0 Å². The zero-order valence-corrected chi connectivity index (χ0v) is 11.9. The number of ether oxygens (including phenoxy) is 2. The van der Waals surface area contributed by atoms with Crippen molar-refractivity contribution in [2.75, 3.05) is 6.61 Å². The van der Waals surface area contributed by atoms with Crippen molar-refractivity contribution in [2.45, 2.75) is 33.2 Å². The van der Waals surface area contributed by atoms with Crippen molar-refractivity contribution in [3.63, 3.8) is 0 Å². The Morgan fingerprint density at radius 3 is 2.56 bits per heavy atom. The fourth-order valence-electron chi connectivity index (χ4n) is 1.32. The lowest BCUT2D eigenvalue weighted by Gasteiger charge is -2.16. The second-order valence-electron chi connectivity index (χ2n) is 3.51. The minimum Gasteiger partial charge on any atom is -0.464 e. The Morgan fingerprint density at radius 1 is 1.38 bits per heavy atom. The zero-order valence-electron chi connectivity index (χ0n) is 9.74. The average molecular weight is 336 g/mol. The molecule has 1 aromatic carbocycles. The van der Waals surface area contributed by atoms with Gasteiger partial charge in [-0.25, -0.2) is 0 Å². The molecule has 1 N–H and O–H groups in total. The summed E-state index contributed by atoms with van der Waals surface area (Å²) in [5, 5.41) is 9.44. The molecule has 0 bridgehead atoms. The van der Waals surface area contributed by atoms with Crippen LogP contribution in [-0.2, 0) is 4.74 Å². The first kappa shape index (κ1) is 13.7. The van der Waals surface area contributed by atoms with Crippen LogP contribution < -0.4 is 4.74 Å². The summed E-state index contributed by atoms with van der Waals surface area (Å²) < 4.78 is 11.9. The summed E-state index contributed by atoms with van der Waals surface area (Å²) in [4.78, 5) is 0. The molecule has 90 valence electrons. The molecular formula is C12H17IO3. The topological polar surface area (TPSA) is 38.7 Å². The summed E-state index contributed by atoms with van der Waals surface area (Å²) in [6, 6.07) is 5.64. The molecule has 0 heterocycles. The third kappa shape index (κ3) is 3.92. The average Bonchev–Trinajstić information content (AvgIpc) is 2.21. The van der Waals surface area contributed by atoms with Crippen LogP contribution in [0.25, 0.3) is 0 Å². The minimum absolute atomic E-state index is 0.254. The molecule has 0 amide bonds. The molecule has 0 aliphatic carbocycles.